The highest BCUT2D eigenvalue weighted by Gasteiger charge is 2.49. The minimum absolute atomic E-state index is 0.450. The molecule has 2 aliphatic rings. The predicted octanol–water partition coefficient (Wildman–Crippen LogP) is 8.27. The number of aryl methyl sites for hydroxylation is 1. The van der Waals surface area contributed by atoms with Gasteiger partial charge in [-0.15, -0.1) is 11.3 Å². The largest absolute Gasteiger partial charge is 0.310 e. The van der Waals surface area contributed by atoms with E-state index in [-0.39, 0.29) is 0 Å². The van der Waals surface area contributed by atoms with Crippen LogP contribution in [-0.2, 0) is 0 Å². The Morgan fingerprint density at radius 1 is 1.10 bits per heavy atom. The van der Waals surface area contributed by atoms with Crippen molar-refractivity contribution in [3.63, 3.8) is 0 Å². The third-order valence-corrected chi connectivity index (χ3v) is 8.98. The van der Waals surface area contributed by atoms with Crippen LogP contribution in [0.15, 0.2) is 11.0 Å². The number of aromatic nitrogens is 1. The molecule has 5 unspecified atom stereocenters. The smallest absolute Gasteiger partial charge is 0.0901 e. The van der Waals surface area contributed by atoms with Crippen molar-refractivity contribution < 1.29 is 0 Å². The fourth-order valence-corrected chi connectivity index (χ4v) is 6.87. The number of nitrogens with one attached hydrogen (secondary N) is 1. The number of fused-ring (bicyclic) bond motifs is 1. The van der Waals surface area contributed by atoms with E-state index >= 15 is 0 Å². The average molecular weight is 445 g/mol. The van der Waals surface area contributed by atoms with Gasteiger partial charge in [0, 0.05) is 11.4 Å². The number of rotatable bonds is 2. The minimum Gasteiger partial charge on any atom is -0.310 e. The van der Waals surface area contributed by atoms with Gasteiger partial charge < -0.3 is 5.32 Å². The van der Waals surface area contributed by atoms with E-state index in [0.29, 0.717) is 16.9 Å². The Kier molecular flexibility index (Phi) is 8.46. The van der Waals surface area contributed by atoms with Crippen LogP contribution in [-0.4, -0.2) is 17.6 Å². The van der Waals surface area contributed by atoms with Gasteiger partial charge in [0.05, 0.1) is 10.7 Å². The Labute approximate surface area is 196 Å². The Bertz CT molecular complexity index is 733. The zero-order valence-electron chi connectivity index (χ0n) is 21.4. The van der Waals surface area contributed by atoms with Gasteiger partial charge >= 0.3 is 0 Å². The summed E-state index contributed by atoms with van der Waals surface area (Å²) in [6, 6.07) is 0.489. The van der Waals surface area contributed by atoms with Crippen LogP contribution in [0.4, 0.5) is 0 Å². The Hall–Kier alpha value is -0.670. The predicted molar refractivity (Wildman–Crippen MR) is 138 cm³/mol. The molecule has 1 aromatic heterocycles. The topological polar surface area (TPSA) is 24.9 Å². The molecule has 3 rings (SSSR count). The van der Waals surface area contributed by atoms with Crippen LogP contribution in [0.25, 0.3) is 6.08 Å². The molecule has 2 heterocycles. The van der Waals surface area contributed by atoms with E-state index in [0.717, 1.165) is 35.0 Å². The summed E-state index contributed by atoms with van der Waals surface area (Å²) < 4.78 is 0. The molecule has 0 bridgehead atoms. The van der Waals surface area contributed by atoms with Gasteiger partial charge in [-0.1, -0.05) is 53.0 Å². The second kappa shape index (κ2) is 10.5. The lowest BCUT2D eigenvalue weighted by molar-refractivity contribution is 0.223. The van der Waals surface area contributed by atoms with E-state index in [1.54, 1.807) is 11.3 Å². The third kappa shape index (κ3) is 7.70. The van der Waals surface area contributed by atoms with E-state index in [1.807, 2.05) is 0 Å². The molecule has 2 fully saturated rings. The molecule has 31 heavy (non-hydrogen) atoms. The highest BCUT2D eigenvalue weighted by molar-refractivity contribution is 7.09. The summed E-state index contributed by atoms with van der Waals surface area (Å²) >= 11 is 1.75. The van der Waals surface area contributed by atoms with Gasteiger partial charge in [-0.3, -0.25) is 0 Å². The number of hydrogen-bond donors (Lipinski definition) is 1. The molecule has 1 aliphatic carbocycles. The number of nitrogens with zero attached hydrogens (tertiary/aromatic N) is 1. The lowest BCUT2D eigenvalue weighted by atomic mass is 9.77. The van der Waals surface area contributed by atoms with Crippen molar-refractivity contribution in [2.24, 2.45) is 28.6 Å². The van der Waals surface area contributed by atoms with Crippen LogP contribution >= 0.6 is 11.3 Å². The third-order valence-electron chi connectivity index (χ3n) is 8.19. The van der Waals surface area contributed by atoms with Crippen molar-refractivity contribution in [2.75, 3.05) is 6.54 Å². The van der Waals surface area contributed by atoms with E-state index in [4.69, 9.17) is 0 Å². The van der Waals surface area contributed by atoms with Gasteiger partial charge in [0.2, 0.25) is 0 Å². The first kappa shape index (κ1) is 25.0. The summed E-state index contributed by atoms with van der Waals surface area (Å²) in [5.41, 5.74) is 3.63. The Balaban J connectivity index is 1.69. The van der Waals surface area contributed by atoms with Crippen LogP contribution in [0.2, 0.25) is 0 Å². The maximum Gasteiger partial charge on any atom is 0.0901 e. The van der Waals surface area contributed by atoms with Crippen LogP contribution in [0.5, 0.6) is 0 Å². The van der Waals surface area contributed by atoms with Gasteiger partial charge in [0.1, 0.15) is 0 Å². The van der Waals surface area contributed by atoms with Gasteiger partial charge in [-0.2, -0.15) is 0 Å². The monoisotopic (exact) mass is 444 g/mol. The molecule has 2 nitrogen and oxygen atoms in total. The molecule has 5 atom stereocenters. The van der Waals surface area contributed by atoms with Crippen molar-refractivity contribution >= 4 is 17.4 Å². The van der Waals surface area contributed by atoms with Crippen LogP contribution in [0.3, 0.4) is 0 Å². The van der Waals surface area contributed by atoms with Crippen LogP contribution in [0, 0.1) is 35.5 Å². The van der Waals surface area contributed by atoms with Crippen LogP contribution < -0.4 is 5.32 Å². The van der Waals surface area contributed by atoms with Gasteiger partial charge in [0.25, 0.3) is 0 Å². The highest BCUT2D eigenvalue weighted by Crippen LogP contribution is 2.58. The fourth-order valence-electron chi connectivity index (χ4n) is 6.30. The summed E-state index contributed by atoms with van der Waals surface area (Å²) in [5, 5.41) is 7.32. The van der Waals surface area contributed by atoms with E-state index < -0.39 is 0 Å². The van der Waals surface area contributed by atoms with Crippen molar-refractivity contribution in [2.45, 2.75) is 112 Å². The maximum absolute atomic E-state index is 4.68. The first-order chi connectivity index (χ1) is 14.6. The molecule has 0 spiro atoms. The standard InChI is InChI=1S/C28H48N2S/c1-20-10-8-12-28(7)18-24(28)16-26(22(3)15-25-19-31-23(4)30-25)29-13-9-11-27(5,6)17-21(2)14-20/h15,19-21,24,26,29H,8-14,16-18H2,1-7H3. The van der Waals surface area contributed by atoms with Gasteiger partial charge in [-0.25, -0.2) is 4.98 Å². The summed E-state index contributed by atoms with van der Waals surface area (Å²) in [4.78, 5) is 4.68. The fraction of sp³-hybridized carbons (Fsp3) is 0.821. The summed E-state index contributed by atoms with van der Waals surface area (Å²) in [6.07, 6.45) is 14.6. The van der Waals surface area contributed by atoms with E-state index in [2.05, 4.69) is 70.2 Å². The van der Waals surface area contributed by atoms with Gasteiger partial charge in [0.15, 0.2) is 0 Å². The number of hydrogen-bond acceptors (Lipinski definition) is 3. The van der Waals surface area contributed by atoms with E-state index in [9.17, 15) is 0 Å². The second-order valence-electron chi connectivity index (χ2n) is 12.3. The summed E-state index contributed by atoms with van der Waals surface area (Å²) in [6.45, 7) is 18.1. The number of thiazole rings is 1. The van der Waals surface area contributed by atoms with E-state index in [1.165, 1.54) is 63.4 Å². The molecular formula is C28H48N2S. The molecule has 1 aliphatic heterocycles. The molecule has 1 saturated heterocycles. The molecule has 1 aromatic rings. The first-order valence-electron chi connectivity index (χ1n) is 12.9. The Morgan fingerprint density at radius 2 is 1.87 bits per heavy atom. The molecule has 3 heteroatoms. The quantitative estimate of drug-likeness (QED) is 0.496. The molecule has 176 valence electrons. The van der Waals surface area contributed by atoms with Crippen molar-refractivity contribution in [1.82, 2.24) is 10.3 Å². The lowest BCUT2D eigenvalue weighted by Crippen LogP contribution is -2.33. The summed E-state index contributed by atoms with van der Waals surface area (Å²) in [5.74, 6) is 2.60. The molecule has 1 saturated carbocycles. The Morgan fingerprint density at radius 3 is 2.58 bits per heavy atom. The molecular weight excluding hydrogens is 396 g/mol. The van der Waals surface area contributed by atoms with Crippen molar-refractivity contribution in [3.05, 3.63) is 21.7 Å². The zero-order valence-corrected chi connectivity index (χ0v) is 22.2. The maximum atomic E-state index is 4.68. The average Bonchev–Trinajstić information content (AvgIpc) is 3.09. The second-order valence-corrected chi connectivity index (χ2v) is 13.3. The lowest BCUT2D eigenvalue weighted by Gasteiger charge is -2.30. The SMILES string of the molecule is CC(=Cc1csc(C)n1)C1CC2CC2(C)CCCC(C)CC(C)CC(C)(C)CCCN1. The molecule has 1 N–H and O–H groups in total. The van der Waals surface area contributed by atoms with Crippen molar-refractivity contribution in [3.8, 4) is 0 Å². The molecule has 0 radical (unpaired) electrons. The highest BCUT2D eigenvalue weighted by atomic mass is 32.1. The molecule has 0 amide bonds. The molecule has 0 aromatic carbocycles. The zero-order chi connectivity index (χ0) is 22.6. The minimum atomic E-state index is 0.450. The first-order valence-corrected chi connectivity index (χ1v) is 13.8. The van der Waals surface area contributed by atoms with Crippen LogP contribution in [0.1, 0.15) is 110 Å². The van der Waals surface area contributed by atoms with Gasteiger partial charge in [-0.05, 0) is 100.0 Å². The normalized spacial score (nSPS) is 36.0. The van der Waals surface area contributed by atoms with Crippen molar-refractivity contribution in [1.29, 1.82) is 0 Å². The summed E-state index contributed by atoms with van der Waals surface area (Å²) in [7, 11) is 0.